The third-order valence-corrected chi connectivity index (χ3v) is 2.70. The van der Waals surface area contributed by atoms with Gasteiger partial charge < -0.3 is 10.8 Å². The molecule has 2 atom stereocenters. The van der Waals surface area contributed by atoms with Crippen LogP contribution in [0.15, 0.2) is 0 Å². The minimum atomic E-state index is -0.0834. The van der Waals surface area contributed by atoms with Gasteiger partial charge in [-0.2, -0.15) is 0 Å². The van der Waals surface area contributed by atoms with E-state index in [9.17, 15) is 5.11 Å². The predicted octanol–water partition coefficient (Wildman–Crippen LogP) is 0.180. The molecule has 1 fully saturated rings. The summed E-state index contributed by atoms with van der Waals surface area (Å²) >= 11 is 0. The van der Waals surface area contributed by atoms with Gasteiger partial charge in [-0.15, -0.1) is 0 Å². The van der Waals surface area contributed by atoms with Crippen LogP contribution in [0.4, 0.5) is 0 Å². The van der Waals surface area contributed by atoms with Crippen molar-refractivity contribution in [3.8, 4) is 0 Å². The Labute approximate surface area is 74.5 Å². The molecule has 0 bridgehead atoms. The normalized spacial score (nSPS) is 29.8. The summed E-state index contributed by atoms with van der Waals surface area (Å²) in [4.78, 5) is 2.37. The summed E-state index contributed by atoms with van der Waals surface area (Å²) in [5, 5.41) is 9.40. The minimum Gasteiger partial charge on any atom is -0.393 e. The Kier molecular flexibility index (Phi) is 3.98. The summed E-state index contributed by atoms with van der Waals surface area (Å²) in [6, 6.07) is 0.468. The fraction of sp³-hybridized carbons (Fsp3) is 1.00. The number of likely N-dealkylation sites (tertiary alicyclic amines) is 1. The zero-order valence-corrected chi connectivity index (χ0v) is 7.87. The van der Waals surface area contributed by atoms with Gasteiger partial charge in [0.05, 0.1) is 6.10 Å². The van der Waals surface area contributed by atoms with Crippen molar-refractivity contribution in [2.24, 2.45) is 5.73 Å². The first kappa shape index (κ1) is 9.96. The lowest BCUT2D eigenvalue weighted by molar-refractivity contribution is 0.150. The van der Waals surface area contributed by atoms with E-state index in [-0.39, 0.29) is 6.10 Å². The van der Waals surface area contributed by atoms with Gasteiger partial charge in [0.15, 0.2) is 0 Å². The van der Waals surface area contributed by atoms with Crippen LogP contribution in [-0.2, 0) is 0 Å². The zero-order valence-electron chi connectivity index (χ0n) is 7.87. The van der Waals surface area contributed by atoms with Gasteiger partial charge in [0, 0.05) is 19.1 Å². The van der Waals surface area contributed by atoms with Crippen LogP contribution < -0.4 is 5.73 Å². The molecule has 0 aromatic heterocycles. The Hall–Kier alpha value is -0.120. The summed E-state index contributed by atoms with van der Waals surface area (Å²) in [5.74, 6) is 0. The molecule has 0 spiro atoms. The first-order chi connectivity index (χ1) is 5.74. The number of nitrogens with two attached hydrogens (primary N) is 1. The largest absolute Gasteiger partial charge is 0.393 e. The minimum absolute atomic E-state index is 0.0834. The van der Waals surface area contributed by atoms with Crippen molar-refractivity contribution in [2.75, 3.05) is 19.6 Å². The second kappa shape index (κ2) is 4.80. The molecule has 0 radical (unpaired) electrons. The quantitative estimate of drug-likeness (QED) is 0.625. The van der Waals surface area contributed by atoms with Crippen LogP contribution in [0.2, 0.25) is 0 Å². The highest BCUT2D eigenvalue weighted by Gasteiger charge is 2.17. The number of rotatable bonds is 2. The standard InChI is InChI=1S/C9H20N2O/c1-8(7-10)11-5-2-3-9(12)4-6-11/h8-9,12H,2-7,10H2,1H3. The molecule has 0 aromatic carbocycles. The Bertz CT molecular complexity index is 130. The maximum Gasteiger partial charge on any atom is 0.0553 e. The van der Waals surface area contributed by atoms with Gasteiger partial charge in [0.2, 0.25) is 0 Å². The monoisotopic (exact) mass is 172 g/mol. The molecule has 3 nitrogen and oxygen atoms in total. The van der Waals surface area contributed by atoms with Crippen molar-refractivity contribution >= 4 is 0 Å². The Morgan fingerprint density at radius 1 is 1.50 bits per heavy atom. The smallest absolute Gasteiger partial charge is 0.0553 e. The van der Waals surface area contributed by atoms with Gasteiger partial charge in [0.1, 0.15) is 0 Å². The molecule has 1 aliphatic rings. The van der Waals surface area contributed by atoms with E-state index in [0.29, 0.717) is 6.04 Å². The third-order valence-electron chi connectivity index (χ3n) is 2.70. The van der Waals surface area contributed by atoms with Crippen LogP contribution >= 0.6 is 0 Å². The van der Waals surface area contributed by atoms with E-state index in [4.69, 9.17) is 5.73 Å². The van der Waals surface area contributed by atoms with Crippen molar-refractivity contribution in [2.45, 2.75) is 38.3 Å². The average Bonchev–Trinajstić information content (AvgIpc) is 2.29. The lowest BCUT2D eigenvalue weighted by Crippen LogP contribution is -2.39. The van der Waals surface area contributed by atoms with Crippen molar-refractivity contribution < 1.29 is 5.11 Å². The third kappa shape index (κ3) is 2.73. The maximum absolute atomic E-state index is 9.40. The van der Waals surface area contributed by atoms with Gasteiger partial charge >= 0.3 is 0 Å². The summed E-state index contributed by atoms with van der Waals surface area (Å²) in [5.41, 5.74) is 5.58. The zero-order chi connectivity index (χ0) is 8.97. The molecule has 1 aliphatic heterocycles. The molecule has 3 N–H and O–H groups in total. The van der Waals surface area contributed by atoms with Crippen molar-refractivity contribution in [1.82, 2.24) is 4.90 Å². The molecule has 0 saturated carbocycles. The van der Waals surface area contributed by atoms with Gasteiger partial charge in [0.25, 0.3) is 0 Å². The highest BCUT2D eigenvalue weighted by Crippen LogP contribution is 2.12. The molecule has 12 heavy (non-hydrogen) atoms. The maximum atomic E-state index is 9.40. The molecule has 72 valence electrons. The Balaban J connectivity index is 2.35. The highest BCUT2D eigenvalue weighted by molar-refractivity contribution is 4.73. The van der Waals surface area contributed by atoms with Crippen LogP contribution in [0.25, 0.3) is 0 Å². The fourth-order valence-corrected chi connectivity index (χ4v) is 1.69. The average molecular weight is 172 g/mol. The van der Waals surface area contributed by atoms with E-state index in [1.807, 2.05) is 0 Å². The van der Waals surface area contributed by atoms with Crippen LogP contribution in [-0.4, -0.2) is 41.8 Å². The van der Waals surface area contributed by atoms with E-state index in [1.54, 1.807) is 0 Å². The summed E-state index contributed by atoms with van der Waals surface area (Å²) < 4.78 is 0. The van der Waals surface area contributed by atoms with Crippen molar-refractivity contribution in [1.29, 1.82) is 0 Å². The molecule has 1 rings (SSSR count). The first-order valence-corrected chi connectivity index (χ1v) is 4.86. The van der Waals surface area contributed by atoms with Gasteiger partial charge in [-0.25, -0.2) is 0 Å². The molecule has 2 unspecified atom stereocenters. The molecular weight excluding hydrogens is 152 g/mol. The predicted molar refractivity (Wildman–Crippen MR) is 49.9 cm³/mol. The van der Waals surface area contributed by atoms with Crippen molar-refractivity contribution in [3.63, 3.8) is 0 Å². The van der Waals surface area contributed by atoms with E-state index >= 15 is 0 Å². The van der Waals surface area contributed by atoms with Gasteiger partial charge in [-0.3, -0.25) is 4.90 Å². The number of nitrogens with zero attached hydrogens (tertiary/aromatic N) is 1. The van der Waals surface area contributed by atoms with E-state index < -0.39 is 0 Å². The summed E-state index contributed by atoms with van der Waals surface area (Å²) in [7, 11) is 0. The van der Waals surface area contributed by atoms with Crippen LogP contribution in [0.3, 0.4) is 0 Å². The van der Waals surface area contributed by atoms with Crippen LogP contribution in [0.5, 0.6) is 0 Å². The molecule has 1 saturated heterocycles. The SMILES string of the molecule is CC(CN)N1CCCC(O)CC1. The number of aliphatic hydroxyl groups excluding tert-OH is 1. The highest BCUT2D eigenvalue weighted by atomic mass is 16.3. The second-order valence-electron chi connectivity index (χ2n) is 3.71. The van der Waals surface area contributed by atoms with Gasteiger partial charge in [-0.1, -0.05) is 0 Å². The molecule has 1 heterocycles. The molecule has 0 amide bonds. The molecular formula is C9H20N2O. The molecule has 0 aliphatic carbocycles. The van der Waals surface area contributed by atoms with Crippen LogP contribution in [0.1, 0.15) is 26.2 Å². The Morgan fingerprint density at radius 3 is 2.92 bits per heavy atom. The Morgan fingerprint density at radius 2 is 2.25 bits per heavy atom. The fourth-order valence-electron chi connectivity index (χ4n) is 1.69. The van der Waals surface area contributed by atoms with Gasteiger partial charge in [-0.05, 0) is 32.7 Å². The lowest BCUT2D eigenvalue weighted by Gasteiger charge is -2.26. The molecule has 0 aromatic rings. The second-order valence-corrected chi connectivity index (χ2v) is 3.71. The lowest BCUT2D eigenvalue weighted by atomic mass is 10.2. The molecule has 3 heteroatoms. The summed E-state index contributed by atoms with van der Waals surface area (Å²) in [6.45, 7) is 4.96. The number of hydrogen-bond acceptors (Lipinski definition) is 3. The van der Waals surface area contributed by atoms with E-state index in [1.165, 1.54) is 0 Å². The summed E-state index contributed by atoms with van der Waals surface area (Å²) in [6.07, 6.45) is 2.88. The topological polar surface area (TPSA) is 49.5 Å². The van der Waals surface area contributed by atoms with Crippen LogP contribution in [0, 0.1) is 0 Å². The number of aliphatic hydroxyl groups is 1. The van der Waals surface area contributed by atoms with E-state index in [2.05, 4.69) is 11.8 Å². The van der Waals surface area contributed by atoms with Crippen molar-refractivity contribution in [3.05, 3.63) is 0 Å². The number of hydrogen-bond donors (Lipinski definition) is 2. The van der Waals surface area contributed by atoms with E-state index in [0.717, 1.165) is 38.9 Å². The first-order valence-electron chi connectivity index (χ1n) is 4.86.